The van der Waals surface area contributed by atoms with Crippen LogP contribution in [-0.4, -0.2) is 66.3 Å². The van der Waals surface area contributed by atoms with Crippen molar-refractivity contribution in [2.75, 3.05) is 53.6 Å². The van der Waals surface area contributed by atoms with Crippen molar-refractivity contribution in [1.29, 1.82) is 0 Å². The maximum atomic E-state index is 12.0. The monoisotopic (exact) mass is 283 g/mol. The Morgan fingerprint density at radius 2 is 1.67 bits per heavy atom. The lowest BCUT2D eigenvalue weighted by Crippen LogP contribution is -2.44. The van der Waals surface area contributed by atoms with Crippen LogP contribution in [0.5, 0.6) is 0 Å². The van der Waals surface area contributed by atoms with Crippen molar-refractivity contribution in [2.45, 2.75) is 12.8 Å². The second-order valence-corrected chi connectivity index (χ2v) is 5.54. The zero-order valence-electron chi connectivity index (χ0n) is 11.2. The van der Waals surface area contributed by atoms with Gasteiger partial charge in [0.25, 0.3) is 10.2 Å². The molecule has 0 aromatic heterocycles. The van der Waals surface area contributed by atoms with Crippen LogP contribution in [0.2, 0.25) is 0 Å². The van der Waals surface area contributed by atoms with Crippen LogP contribution >= 0.6 is 0 Å². The van der Waals surface area contributed by atoms with Gasteiger partial charge in [0, 0.05) is 33.9 Å². The van der Waals surface area contributed by atoms with E-state index in [1.807, 2.05) is 0 Å². The number of hydrogen-bond donors (Lipinski definition) is 2. The molecule has 0 heterocycles. The van der Waals surface area contributed by atoms with Crippen molar-refractivity contribution in [3.05, 3.63) is 0 Å². The molecule has 0 atom stereocenters. The van der Waals surface area contributed by atoms with Crippen LogP contribution in [0.25, 0.3) is 0 Å². The van der Waals surface area contributed by atoms with Gasteiger partial charge in [0.1, 0.15) is 0 Å². The van der Waals surface area contributed by atoms with Gasteiger partial charge in [0.15, 0.2) is 0 Å². The van der Waals surface area contributed by atoms with Gasteiger partial charge in [-0.2, -0.15) is 12.7 Å². The second kappa shape index (κ2) is 10.7. The Balaban J connectivity index is 4.24. The number of nitrogens with one attached hydrogen (secondary N) is 1. The fraction of sp³-hybridized carbons (Fsp3) is 1.00. The van der Waals surface area contributed by atoms with Gasteiger partial charge in [-0.1, -0.05) is 0 Å². The van der Waals surface area contributed by atoms with Gasteiger partial charge in [-0.25, -0.2) is 4.72 Å². The smallest absolute Gasteiger partial charge is 0.279 e. The standard InChI is InChI=1S/C10H25N3O4S/c1-16-9-7-13(8-10-17-2)18(14,15)12-6-4-3-5-11/h12H,3-11H2,1-2H3. The number of unbranched alkanes of at least 4 members (excludes halogenated alkanes) is 1. The maximum absolute atomic E-state index is 12.0. The highest BCUT2D eigenvalue weighted by Crippen LogP contribution is 1.99. The van der Waals surface area contributed by atoms with Gasteiger partial charge < -0.3 is 15.2 Å². The maximum Gasteiger partial charge on any atom is 0.279 e. The zero-order valence-corrected chi connectivity index (χ0v) is 12.0. The number of ether oxygens (including phenoxy) is 2. The van der Waals surface area contributed by atoms with E-state index in [0.29, 0.717) is 39.4 Å². The summed E-state index contributed by atoms with van der Waals surface area (Å²) in [5.74, 6) is 0. The number of nitrogens with zero attached hydrogens (tertiary/aromatic N) is 1. The van der Waals surface area contributed by atoms with Crippen LogP contribution < -0.4 is 10.5 Å². The number of hydrogen-bond acceptors (Lipinski definition) is 5. The average molecular weight is 283 g/mol. The molecule has 0 amide bonds. The Labute approximate surface area is 110 Å². The summed E-state index contributed by atoms with van der Waals surface area (Å²) in [4.78, 5) is 0. The summed E-state index contributed by atoms with van der Waals surface area (Å²) in [5.41, 5.74) is 5.35. The summed E-state index contributed by atoms with van der Waals surface area (Å²) in [6, 6.07) is 0. The second-order valence-electron chi connectivity index (χ2n) is 3.78. The summed E-state index contributed by atoms with van der Waals surface area (Å²) < 4.78 is 37.6. The first kappa shape index (κ1) is 17.8. The van der Waals surface area contributed by atoms with E-state index in [1.54, 1.807) is 0 Å². The molecule has 0 saturated carbocycles. The first-order valence-corrected chi connectivity index (χ1v) is 7.45. The normalized spacial score (nSPS) is 12.2. The Kier molecular flexibility index (Phi) is 10.5. The quantitative estimate of drug-likeness (QED) is 0.455. The largest absolute Gasteiger partial charge is 0.383 e. The van der Waals surface area contributed by atoms with E-state index < -0.39 is 10.2 Å². The number of rotatable bonds is 12. The van der Waals surface area contributed by atoms with Gasteiger partial charge in [0.2, 0.25) is 0 Å². The predicted octanol–water partition coefficient (Wildman–Crippen LogP) is -0.845. The van der Waals surface area contributed by atoms with Crippen molar-refractivity contribution in [3.8, 4) is 0 Å². The Morgan fingerprint density at radius 3 is 2.11 bits per heavy atom. The van der Waals surface area contributed by atoms with Crippen LogP contribution in [0.4, 0.5) is 0 Å². The Hall–Kier alpha value is -0.250. The third-order valence-corrected chi connectivity index (χ3v) is 3.96. The van der Waals surface area contributed by atoms with E-state index in [0.717, 1.165) is 12.8 Å². The van der Waals surface area contributed by atoms with Crippen molar-refractivity contribution in [2.24, 2.45) is 5.73 Å². The van der Waals surface area contributed by atoms with E-state index in [2.05, 4.69) is 4.72 Å². The molecular formula is C10H25N3O4S. The summed E-state index contributed by atoms with van der Waals surface area (Å²) in [6.07, 6.45) is 1.54. The minimum atomic E-state index is -3.46. The molecule has 0 aliphatic heterocycles. The molecule has 18 heavy (non-hydrogen) atoms. The number of methoxy groups -OCH3 is 2. The minimum absolute atomic E-state index is 0.312. The van der Waals surface area contributed by atoms with Gasteiger partial charge >= 0.3 is 0 Å². The highest BCUT2D eigenvalue weighted by molar-refractivity contribution is 7.87. The molecule has 0 aliphatic carbocycles. The summed E-state index contributed by atoms with van der Waals surface area (Å²) in [6.45, 7) is 2.30. The van der Waals surface area contributed by atoms with Crippen molar-refractivity contribution in [1.82, 2.24) is 9.03 Å². The summed E-state index contributed by atoms with van der Waals surface area (Å²) in [7, 11) is -0.390. The lowest BCUT2D eigenvalue weighted by Gasteiger charge is -2.21. The van der Waals surface area contributed by atoms with E-state index in [9.17, 15) is 8.42 Å². The first-order chi connectivity index (χ1) is 8.58. The van der Waals surface area contributed by atoms with E-state index in [4.69, 9.17) is 15.2 Å². The molecule has 0 aromatic carbocycles. The SMILES string of the molecule is COCCN(CCOC)S(=O)(=O)NCCCCN. The van der Waals surface area contributed by atoms with E-state index in [-0.39, 0.29) is 0 Å². The van der Waals surface area contributed by atoms with Gasteiger partial charge in [0.05, 0.1) is 13.2 Å². The Bertz CT molecular complexity index is 277. The van der Waals surface area contributed by atoms with Crippen molar-refractivity contribution >= 4 is 10.2 Å². The molecule has 0 rings (SSSR count). The molecule has 0 radical (unpaired) electrons. The molecular weight excluding hydrogens is 258 g/mol. The fourth-order valence-electron chi connectivity index (χ4n) is 1.30. The molecule has 0 aromatic rings. The molecule has 8 heteroatoms. The summed E-state index contributed by atoms with van der Waals surface area (Å²) in [5, 5.41) is 0. The van der Waals surface area contributed by atoms with Gasteiger partial charge in [-0.3, -0.25) is 0 Å². The molecule has 0 bridgehead atoms. The topological polar surface area (TPSA) is 93.9 Å². The lowest BCUT2D eigenvalue weighted by atomic mass is 10.3. The van der Waals surface area contributed by atoms with Crippen LogP contribution in [-0.2, 0) is 19.7 Å². The fourth-order valence-corrected chi connectivity index (χ4v) is 2.51. The van der Waals surface area contributed by atoms with Crippen LogP contribution in [0.3, 0.4) is 0 Å². The molecule has 110 valence electrons. The summed E-state index contributed by atoms with van der Waals surface area (Å²) >= 11 is 0. The molecule has 0 aliphatic rings. The van der Waals surface area contributed by atoms with Crippen molar-refractivity contribution < 1.29 is 17.9 Å². The third kappa shape index (κ3) is 7.96. The van der Waals surface area contributed by atoms with Crippen LogP contribution in [0.15, 0.2) is 0 Å². The average Bonchev–Trinajstić information content (AvgIpc) is 2.34. The molecule has 0 unspecified atom stereocenters. The van der Waals surface area contributed by atoms with Gasteiger partial charge in [-0.15, -0.1) is 0 Å². The molecule has 0 saturated heterocycles. The molecule has 7 nitrogen and oxygen atoms in total. The van der Waals surface area contributed by atoms with E-state index >= 15 is 0 Å². The van der Waals surface area contributed by atoms with E-state index in [1.165, 1.54) is 18.5 Å². The minimum Gasteiger partial charge on any atom is -0.383 e. The van der Waals surface area contributed by atoms with Gasteiger partial charge in [-0.05, 0) is 19.4 Å². The highest BCUT2D eigenvalue weighted by Gasteiger charge is 2.20. The predicted molar refractivity (Wildman–Crippen MR) is 70.5 cm³/mol. The molecule has 3 N–H and O–H groups in total. The lowest BCUT2D eigenvalue weighted by molar-refractivity contribution is 0.149. The molecule has 0 fully saturated rings. The van der Waals surface area contributed by atoms with Crippen molar-refractivity contribution in [3.63, 3.8) is 0 Å². The Morgan fingerprint density at radius 1 is 1.11 bits per heavy atom. The third-order valence-electron chi connectivity index (χ3n) is 2.34. The molecule has 0 spiro atoms. The highest BCUT2D eigenvalue weighted by atomic mass is 32.2. The number of nitrogens with two attached hydrogens (primary N) is 1. The van der Waals surface area contributed by atoms with Crippen LogP contribution in [0.1, 0.15) is 12.8 Å². The van der Waals surface area contributed by atoms with Crippen LogP contribution in [0, 0.1) is 0 Å². The zero-order chi connectivity index (χ0) is 13.9. The first-order valence-electron chi connectivity index (χ1n) is 6.01.